The third kappa shape index (κ3) is 1.83. The third-order valence-corrected chi connectivity index (χ3v) is 0.923. The van der Waals surface area contributed by atoms with Crippen molar-refractivity contribution in [1.82, 2.24) is 15.8 Å². The maximum Gasteiger partial charge on any atom is 0.180 e. The molecule has 4 nitrogen and oxygen atoms in total. The molecule has 4 heteroatoms. The van der Waals surface area contributed by atoms with Gasteiger partial charge in [-0.3, -0.25) is 10.9 Å². The molecule has 0 amide bonds. The van der Waals surface area contributed by atoms with E-state index in [2.05, 4.69) is 15.8 Å². The second kappa shape index (κ2) is 3.21. The van der Waals surface area contributed by atoms with E-state index in [-0.39, 0.29) is 0 Å². The first-order valence-corrected chi connectivity index (χ1v) is 2.70. The molecule has 0 spiro atoms. The lowest BCUT2D eigenvalue weighted by Crippen LogP contribution is -2.26. The summed E-state index contributed by atoms with van der Waals surface area (Å²) in [6.07, 6.45) is 3.08. The van der Waals surface area contributed by atoms with Gasteiger partial charge in [0.15, 0.2) is 6.39 Å². The second-order valence-electron chi connectivity index (χ2n) is 1.57. The van der Waals surface area contributed by atoms with E-state index < -0.39 is 0 Å². The van der Waals surface area contributed by atoms with Crippen molar-refractivity contribution in [2.45, 2.75) is 6.54 Å². The molecule has 0 atom stereocenters. The Labute approximate surface area is 53.2 Å². The summed E-state index contributed by atoms with van der Waals surface area (Å²) in [5, 5.41) is 0. The predicted octanol–water partition coefficient (Wildman–Crippen LogP) is -0.101. The van der Waals surface area contributed by atoms with Crippen molar-refractivity contribution in [3.8, 4) is 0 Å². The average Bonchev–Trinajstić information content (AvgIpc) is 2.34. The fraction of sp³-hybridized carbons (Fsp3) is 0.400. The van der Waals surface area contributed by atoms with Gasteiger partial charge in [0.2, 0.25) is 0 Å². The summed E-state index contributed by atoms with van der Waals surface area (Å²) >= 11 is 0. The number of hydrogen-bond acceptors (Lipinski definition) is 4. The van der Waals surface area contributed by atoms with Crippen LogP contribution in [0.1, 0.15) is 5.76 Å². The van der Waals surface area contributed by atoms with Crippen LogP contribution in [-0.2, 0) is 6.54 Å². The van der Waals surface area contributed by atoms with E-state index >= 15 is 0 Å². The lowest BCUT2D eigenvalue weighted by molar-refractivity contribution is 0.461. The predicted molar refractivity (Wildman–Crippen MR) is 32.4 cm³/mol. The van der Waals surface area contributed by atoms with E-state index in [0.29, 0.717) is 6.54 Å². The molecular formula is C5H9N3O. The molecule has 0 saturated carbocycles. The van der Waals surface area contributed by atoms with Crippen LogP contribution in [0, 0.1) is 0 Å². The smallest absolute Gasteiger partial charge is 0.180 e. The molecule has 1 aromatic rings. The van der Waals surface area contributed by atoms with E-state index in [1.807, 2.05) is 0 Å². The largest absolute Gasteiger partial charge is 0.447 e. The van der Waals surface area contributed by atoms with E-state index in [1.54, 1.807) is 13.2 Å². The Bertz CT molecular complexity index is 149. The molecular weight excluding hydrogens is 118 g/mol. The minimum absolute atomic E-state index is 0.663. The average molecular weight is 127 g/mol. The Morgan fingerprint density at radius 2 is 2.67 bits per heavy atom. The van der Waals surface area contributed by atoms with Gasteiger partial charge in [-0.1, -0.05) is 0 Å². The minimum Gasteiger partial charge on any atom is -0.447 e. The summed E-state index contributed by atoms with van der Waals surface area (Å²) in [4.78, 5) is 3.74. The highest BCUT2D eigenvalue weighted by molar-refractivity contribution is 4.86. The van der Waals surface area contributed by atoms with Crippen molar-refractivity contribution in [2.24, 2.45) is 0 Å². The van der Waals surface area contributed by atoms with Gasteiger partial charge in [-0.2, -0.15) is 0 Å². The quantitative estimate of drug-likeness (QED) is 0.557. The number of nitrogens with zero attached hydrogens (tertiary/aromatic N) is 1. The molecule has 0 aliphatic carbocycles. The molecule has 0 aromatic carbocycles. The second-order valence-corrected chi connectivity index (χ2v) is 1.57. The van der Waals surface area contributed by atoms with Crippen molar-refractivity contribution in [3.05, 3.63) is 18.4 Å². The van der Waals surface area contributed by atoms with Crippen LogP contribution in [0.4, 0.5) is 0 Å². The van der Waals surface area contributed by atoms with Gasteiger partial charge in [-0.05, 0) is 7.05 Å². The van der Waals surface area contributed by atoms with Crippen molar-refractivity contribution in [3.63, 3.8) is 0 Å². The zero-order valence-corrected chi connectivity index (χ0v) is 5.22. The summed E-state index contributed by atoms with van der Waals surface area (Å²) in [6, 6.07) is 0. The Morgan fingerprint density at radius 1 is 1.78 bits per heavy atom. The van der Waals surface area contributed by atoms with E-state index in [4.69, 9.17) is 4.42 Å². The molecule has 1 rings (SSSR count). The standard InChI is InChI=1S/C5H9N3O/c1-6-8-3-5-2-7-4-9-5/h2,4,6,8H,3H2,1H3. The Kier molecular flexibility index (Phi) is 2.23. The molecule has 50 valence electrons. The molecule has 1 aromatic heterocycles. The number of hydrogen-bond donors (Lipinski definition) is 2. The fourth-order valence-corrected chi connectivity index (χ4v) is 0.505. The van der Waals surface area contributed by atoms with Crippen molar-refractivity contribution < 1.29 is 4.42 Å². The first-order valence-electron chi connectivity index (χ1n) is 2.70. The van der Waals surface area contributed by atoms with Crippen LogP contribution in [-0.4, -0.2) is 12.0 Å². The molecule has 0 bridgehead atoms. The topological polar surface area (TPSA) is 50.1 Å². The summed E-state index contributed by atoms with van der Waals surface area (Å²) in [7, 11) is 1.80. The van der Waals surface area contributed by atoms with Crippen LogP contribution in [0.3, 0.4) is 0 Å². The highest BCUT2D eigenvalue weighted by Gasteiger charge is 1.91. The van der Waals surface area contributed by atoms with Crippen LogP contribution in [0.25, 0.3) is 0 Å². The normalized spacial score (nSPS) is 9.89. The molecule has 0 aliphatic heterocycles. The molecule has 9 heavy (non-hydrogen) atoms. The lowest BCUT2D eigenvalue weighted by Gasteiger charge is -1.95. The van der Waals surface area contributed by atoms with Crippen molar-refractivity contribution in [1.29, 1.82) is 0 Å². The third-order valence-electron chi connectivity index (χ3n) is 0.923. The van der Waals surface area contributed by atoms with Crippen LogP contribution >= 0.6 is 0 Å². The zero-order chi connectivity index (χ0) is 6.53. The molecule has 0 radical (unpaired) electrons. The molecule has 0 fully saturated rings. The number of rotatable bonds is 3. The van der Waals surface area contributed by atoms with Gasteiger partial charge in [0.25, 0.3) is 0 Å². The lowest BCUT2D eigenvalue weighted by atomic mass is 10.5. The maximum atomic E-state index is 4.92. The van der Waals surface area contributed by atoms with Gasteiger partial charge in [-0.25, -0.2) is 4.98 Å². The van der Waals surface area contributed by atoms with Crippen molar-refractivity contribution in [2.75, 3.05) is 7.05 Å². The minimum atomic E-state index is 0.663. The fourth-order valence-electron chi connectivity index (χ4n) is 0.505. The van der Waals surface area contributed by atoms with Crippen molar-refractivity contribution >= 4 is 0 Å². The Balaban J connectivity index is 2.30. The van der Waals surface area contributed by atoms with Gasteiger partial charge in [0.1, 0.15) is 5.76 Å². The van der Waals surface area contributed by atoms with Crippen LogP contribution in [0.15, 0.2) is 17.0 Å². The summed E-state index contributed by atoms with van der Waals surface area (Å²) in [5.74, 6) is 0.823. The molecule has 0 aliphatic rings. The Morgan fingerprint density at radius 3 is 3.22 bits per heavy atom. The number of hydrazine groups is 1. The van der Waals surface area contributed by atoms with E-state index in [1.165, 1.54) is 6.39 Å². The molecule has 0 unspecified atom stereocenters. The van der Waals surface area contributed by atoms with Gasteiger partial charge >= 0.3 is 0 Å². The number of aromatic nitrogens is 1. The van der Waals surface area contributed by atoms with Crippen LogP contribution in [0.5, 0.6) is 0 Å². The SMILES string of the molecule is CNNCc1cnco1. The molecule has 1 heterocycles. The van der Waals surface area contributed by atoms with Gasteiger partial charge in [-0.15, -0.1) is 0 Å². The van der Waals surface area contributed by atoms with Crippen LogP contribution in [0.2, 0.25) is 0 Å². The zero-order valence-electron chi connectivity index (χ0n) is 5.22. The summed E-state index contributed by atoms with van der Waals surface area (Å²) in [5.41, 5.74) is 5.64. The van der Waals surface area contributed by atoms with Gasteiger partial charge in [0.05, 0.1) is 12.7 Å². The van der Waals surface area contributed by atoms with Gasteiger partial charge < -0.3 is 4.42 Å². The van der Waals surface area contributed by atoms with Crippen LogP contribution < -0.4 is 10.9 Å². The monoisotopic (exact) mass is 127 g/mol. The van der Waals surface area contributed by atoms with E-state index in [0.717, 1.165) is 5.76 Å². The maximum absolute atomic E-state index is 4.92. The highest BCUT2D eigenvalue weighted by atomic mass is 16.3. The van der Waals surface area contributed by atoms with Gasteiger partial charge in [0, 0.05) is 0 Å². The van der Waals surface area contributed by atoms with E-state index in [9.17, 15) is 0 Å². The number of oxazole rings is 1. The first-order chi connectivity index (χ1) is 4.43. The molecule has 2 N–H and O–H groups in total. The number of nitrogens with one attached hydrogen (secondary N) is 2. The highest BCUT2D eigenvalue weighted by Crippen LogP contribution is 1.92. The first kappa shape index (κ1) is 6.25. The Hall–Kier alpha value is -0.870. The summed E-state index contributed by atoms with van der Waals surface area (Å²) < 4.78 is 4.92. The summed E-state index contributed by atoms with van der Waals surface area (Å²) in [6.45, 7) is 0.663. The molecule has 0 saturated heterocycles.